The van der Waals surface area contributed by atoms with Crippen LogP contribution in [0.15, 0.2) is 71.5 Å². The minimum atomic E-state index is 0.000175. The van der Waals surface area contributed by atoms with Crippen molar-refractivity contribution < 1.29 is 4.84 Å². The van der Waals surface area contributed by atoms with Crippen LogP contribution in [0.2, 0.25) is 0 Å². The van der Waals surface area contributed by atoms with Gasteiger partial charge in [-0.05, 0) is 65.3 Å². The lowest BCUT2D eigenvalue weighted by atomic mass is 9.98. The molecule has 1 N–H and O–H groups in total. The Morgan fingerprint density at radius 1 is 1.05 bits per heavy atom. The van der Waals surface area contributed by atoms with E-state index in [1.807, 2.05) is 34.9 Å². The molecule has 2 aromatic heterocycles. The Hall–Kier alpha value is -4.21. The summed E-state index contributed by atoms with van der Waals surface area (Å²) < 4.78 is 1.86. The number of nitrogens with zero attached hydrogens (tertiary/aromatic N) is 6. The molecule has 2 saturated heterocycles. The summed E-state index contributed by atoms with van der Waals surface area (Å²) in [5.74, 6) is 1.39. The smallest absolute Gasteiger partial charge is 0.261 e. The summed E-state index contributed by atoms with van der Waals surface area (Å²) in [7, 11) is 0. The van der Waals surface area contributed by atoms with Crippen molar-refractivity contribution in [3.63, 3.8) is 0 Å². The van der Waals surface area contributed by atoms with E-state index in [0.29, 0.717) is 23.8 Å². The molecule has 41 heavy (non-hydrogen) atoms. The summed E-state index contributed by atoms with van der Waals surface area (Å²) in [4.78, 5) is 25.2. The molecule has 0 aliphatic carbocycles. The molecule has 4 heterocycles. The van der Waals surface area contributed by atoms with Crippen molar-refractivity contribution in [1.29, 1.82) is 0 Å². The molecule has 0 spiro atoms. The predicted molar refractivity (Wildman–Crippen MR) is 157 cm³/mol. The summed E-state index contributed by atoms with van der Waals surface area (Å²) in [6.45, 7) is 3.62. The standard InChI is InChI=1S/C32H33N7O2/c1-2-3-10-30-33-28-16-15-23(29-19-24-7-6-17-39(24)41-29)18-27(28)32(40)38(30)20-21-11-13-22(14-12-21)25-8-4-5-9-26(25)31-34-36-37-35-31/h4-5,8-9,11-16,18,24,29H,2-3,6-7,10,17,19-20H2,1H3,(H,34,35,36,37)/t24-,29+/m1/s1. The van der Waals surface area contributed by atoms with Crippen LogP contribution < -0.4 is 5.56 Å². The maximum Gasteiger partial charge on any atom is 0.261 e. The Bertz CT molecular complexity index is 1720. The molecule has 9 heteroatoms. The third kappa shape index (κ3) is 4.96. The van der Waals surface area contributed by atoms with Gasteiger partial charge in [0.05, 0.1) is 17.4 Å². The highest BCUT2D eigenvalue weighted by Crippen LogP contribution is 2.39. The van der Waals surface area contributed by atoms with Crippen LogP contribution in [0.4, 0.5) is 0 Å². The minimum absolute atomic E-state index is 0.000175. The third-order valence-electron chi connectivity index (χ3n) is 8.37. The number of nitrogens with one attached hydrogen (secondary N) is 1. The van der Waals surface area contributed by atoms with Crippen molar-refractivity contribution in [1.82, 2.24) is 35.2 Å². The number of aryl methyl sites for hydroxylation is 1. The van der Waals surface area contributed by atoms with Crippen molar-refractivity contribution in [2.24, 2.45) is 0 Å². The number of fused-ring (bicyclic) bond motifs is 2. The first kappa shape index (κ1) is 25.7. The molecule has 7 rings (SSSR count). The minimum Gasteiger partial charge on any atom is -0.292 e. The van der Waals surface area contributed by atoms with Crippen LogP contribution in [0.25, 0.3) is 33.4 Å². The van der Waals surface area contributed by atoms with Gasteiger partial charge in [0.1, 0.15) is 11.9 Å². The maximum absolute atomic E-state index is 14.0. The van der Waals surface area contributed by atoms with E-state index in [9.17, 15) is 4.79 Å². The molecule has 0 saturated carbocycles. The van der Waals surface area contributed by atoms with Crippen LogP contribution in [-0.4, -0.2) is 47.8 Å². The summed E-state index contributed by atoms with van der Waals surface area (Å²) in [5, 5.41) is 17.3. The molecule has 2 atom stereocenters. The van der Waals surface area contributed by atoms with Gasteiger partial charge in [-0.25, -0.2) is 4.98 Å². The highest BCUT2D eigenvalue weighted by molar-refractivity contribution is 5.80. The number of H-pyrrole nitrogens is 1. The van der Waals surface area contributed by atoms with Crippen LogP contribution in [0.3, 0.4) is 0 Å². The highest BCUT2D eigenvalue weighted by atomic mass is 16.7. The molecule has 2 aliphatic heterocycles. The fourth-order valence-electron chi connectivity index (χ4n) is 6.19. The van der Waals surface area contributed by atoms with Gasteiger partial charge < -0.3 is 0 Å². The number of hydroxylamine groups is 2. The Balaban J connectivity index is 1.21. The van der Waals surface area contributed by atoms with Crippen LogP contribution in [0, 0.1) is 0 Å². The lowest BCUT2D eigenvalue weighted by Gasteiger charge is -2.16. The van der Waals surface area contributed by atoms with Gasteiger partial charge in [-0.2, -0.15) is 10.3 Å². The van der Waals surface area contributed by atoms with Crippen LogP contribution in [0.1, 0.15) is 62.1 Å². The second-order valence-corrected chi connectivity index (χ2v) is 11.0. The second-order valence-electron chi connectivity index (χ2n) is 11.0. The molecule has 2 fully saturated rings. The van der Waals surface area contributed by atoms with E-state index in [0.717, 1.165) is 71.4 Å². The number of benzene rings is 3. The molecule has 0 unspecified atom stereocenters. The van der Waals surface area contributed by atoms with Crippen LogP contribution >= 0.6 is 0 Å². The SMILES string of the molecule is CCCCc1nc2ccc([C@@H]3C[C@H]4CCCN4O3)cc2c(=O)n1Cc1ccc(-c2ccccc2-c2nn[nH]n2)cc1. The molecule has 0 bridgehead atoms. The first-order chi connectivity index (χ1) is 20.2. The zero-order valence-corrected chi connectivity index (χ0v) is 23.2. The number of tetrazole rings is 1. The van der Waals surface area contributed by atoms with Gasteiger partial charge >= 0.3 is 0 Å². The van der Waals surface area contributed by atoms with Crippen molar-refractivity contribution in [3.8, 4) is 22.5 Å². The van der Waals surface area contributed by atoms with E-state index >= 15 is 0 Å². The fraction of sp³-hybridized carbons (Fsp3) is 0.344. The lowest BCUT2D eigenvalue weighted by molar-refractivity contribution is -0.149. The van der Waals surface area contributed by atoms with Gasteiger partial charge in [0.25, 0.3) is 5.56 Å². The Kier molecular flexibility index (Phi) is 6.90. The van der Waals surface area contributed by atoms with Crippen LogP contribution in [-0.2, 0) is 17.8 Å². The zero-order chi connectivity index (χ0) is 27.8. The quantitative estimate of drug-likeness (QED) is 0.275. The maximum atomic E-state index is 14.0. The van der Waals surface area contributed by atoms with Crippen LogP contribution in [0.5, 0.6) is 0 Å². The van der Waals surface area contributed by atoms with Gasteiger partial charge in [0.2, 0.25) is 5.82 Å². The molecule has 0 radical (unpaired) electrons. The van der Waals surface area contributed by atoms with Gasteiger partial charge in [0, 0.05) is 24.6 Å². The van der Waals surface area contributed by atoms with E-state index in [1.165, 1.54) is 12.8 Å². The van der Waals surface area contributed by atoms with E-state index in [2.05, 4.69) is 69.0 Å². The van der Waals surface area contributed by atoms with Crippen molar-refractivity contribution >= 4 is 10.9 Å². The molecule has 0 amide bonds. The average Bonchev–Trinajstić information content (AvgIpc) is 3.77. The van der Waals surface area contributed by atoms with E-state index < -0.39 is 0 Å². The topological polar surface area (TPSA) is 102 Å². The molecule has 2 aliphatic rings. The number of hydrogen-bond donors (Lipinski definition) is 1. The van der Waals surface area contributed by atoms with Crippen molar-refractivity contribution in [3.05, 3.63) is 94.0 Å². The molecule has 9 nitrogen and oxygen atoms in total. The summed E-state index contributed by atoms with van der Waals surface area (Å²) in [6.07, 6.45) is 6.14. The third-order valence-corrected chi connectivity index (χ3v) is 8.37. The summed E-state index contributed by atoms with van der Waals surface area (Å²) in [5.41, 5.74) is 5.85. The van der Waals surface area contributed by atoms with Gasteiger partial charge in [-0.1, -0.05) is 67.9 Å². The first-order valence-electron chi connectivity index (χ1n) is 14.6. The van der Waals surface area contributed by atoms with E-state index in [-0.39, 0.29) is 11.7 Å². The Labute approximate surface area is 238 Å². The lowest BCUT2D eigenvalue weighted by Crippen LogP contribution is -2.26. The molecule has 5 aromatic rings. The van der Waals surface area contributed by atoms with E-state index in [4.69, 9.17) is 9.82 Å². The second kappa shape index (κ2) is 11.0. The molecular weight excluding hydrogens is 514 g/mol. The van der Waals surface area contributed by atoms with Crippen molar-refractivity contribution in [2.75, 3.05) is 6.54 Å². The predicted octanol–water partition coefficient (Wildman–Crippen LogP) is 5.48. The van der Waals surface area contributed by atoms with E-state index in [1.54, 1.807) is 0 Å². The number of unbranched alkanes of at least 4 members (excludes halogenated alkanes) is 1. The zero-order valence-electron chi connectivity index (χ0n) is 23.2. The molecular formula is C32H33N7O2. The number of rotatable bonds is 8. The normalized spacial score (nSPS) is 18.8. The largest absolute Gasteiger partial charge is 0.292 e. The fourth-order valence-corrected chi connectivity index (χ4v) is 6.19. The Morgan fingerprint density at radius 3 is 2.68 bits per heavy atom. The Morgan fingerprint density at radius 2 is 1.90 bits per heavy atom. The number of aromatic nitrogens is 6. The average molecular weight is 548 g/mol. The number of hydrogen-bond acceptors (Lipinski definition) is 7. The van der Waals surface area contributed by atoms with Gasteiger partial charge in [-0.15, -0.1) is 10.2 Å². The van der Waals surface area contributed by atoms with Crippen molar-refractivity contribution in [2.45, 2.75) is 64.1 Å². The first-order valence-corrected chi connectivity index (χ1v) is 14.6. The van der Waals surface area contributed by atoms with Gasteiger partial charge in [-0.3, -0.25) is 14.2 Å². The summed E-state index contributed by atoms with van der Waals surface area (Å²) in [6, 6.07) is 22.9. The number of aromatic amines is 1. The molecule has 208 valence electrons. The van der Waals surface area contributed by atoms with Gasteiger partial charge in [0.15, 0.2) is 0 Å². The molecule has 3 aromatic carbocycles. The monoisotopic (exact) mass is 547 g/mol. The summed E-state index contributed by atoms with van der Waals surface area (Å²) >= 11 is 0. The highest BCUT2D eigenvalue weighted by Gasteiger charge is 2.37.